The number of hydrogen-bond donors (Lipinski definition) is 1. The van der Waals surface area contributed by atoms with Crippen molar-refractivity contribution in [3.8, 4) is 0 Å². The van der Waals surface area contributed by atoms with E-state index in [4.69, 9.17) is 4.74 Å². The van der Waals surface area contributed by atoms with Crippen LogP contribution >= 0.6 is 0 Å². The molecule has 1 heterocycles. The zero-order valence-corrected chi connectivity index (χ0v) is 19.0. The summed E-state index contributed by atoms with van der Waals surface area (Å²) in [5.41, 5.74) is -0.421. The Kier molecular flexibility index (Phi) is 4.47. The number of nitrogens with zero attached hydrogens (tertiary/aromatic N) is 4. The summed E-state index contributed by atoms with van der Waals surface area (Å²) < 4.78 is 5.67. The first kappa shape index (κ1) is 20.3. The molecular formula is C24H36N4O3. The zero-order valence-electron chi connectivity index (χ0n) is 19.0. The molecule has 7 nitrogen and oxygen atoms in total. The number of tetrazole rings is 1. The van der Waals surface area contributed by atoms with Crippen LogP contribution in [0.2, 0.25) is 0 Å². The first-order valence-electron chi connectivity index (χ1n) is 12.4. The highest BCUT2D eigenvalue weighted by molar-refractivity contribution is 5.81. The van der Waals surface area contributed by atoms with Gasteiger partial charge in [0.25, 0.3) is 0 Å². The molecule has 0 aliphatic heterocycles. The van der Waals surface area contributed by atoms with E-state index in [-0.39, 0.29) is 29.8 Å². The summed E-state index contributed by atoms with van der Waals surface area (Å²) in [5.74, 6) is 4.95. The Bertz CT molecular complexity index is 888. The van der Waals surface area contributed by atoms with E-state index in [0.717, 1.165) is 43.4 Å². The van der Waals surface area contributed by atoms with Gasteiger partial charge in [0.05, 0.1) is 11.7 Å². The zero-order chi connectivity index (χ0) is 21.5. The number of aromatic nitrogens is 4. The molecule has 5 aliphatic rings. The third-order valence-electron chi connectivity index (χ3n) is 10.5. The van der Waals surface area contributed by atoms with Gasteiger partial charge in [0.1, 0.15) is 6.54 Å². The van der Waals surface area contributed by atoms with Crippen LogP contribution in [0, 0.1) is 53.8 Å². The van der Waals surface area contributed by atoms with Crippen LogP contribution in [0.15, 0.2) is 0 Å². The molecule has 5 saturated carbocycles. The Morgan fingerprint density at radius 2 is 1.84 bits per heavy atom. The van der Waals surface area contributed by atoms with Crippen molar-refractivity contribution in [1.29, 1.82) is 0 Å². The highest BCUT2D eigenvalue weighted by Gasteiger charge is 2.72. The van der Waals surface area contributed by atoms with Crippen LogP contribution in [0.3, 0.4) is 0 Å². The quantitative estimate of drug-likeness (QED) is 0.793. The van der Waals surface area contributed by atoms with Crippen LogP contribution < -0.4 is 0 Å². The lowest BCUT2D eigenvalue weighted by atomic mass is 9.49. The molecule has 0 saturated heterocycles. The first-order valence-corrected chi connectivity index (χ1v) is 12.4. The molecule has 1 N–H and O–H groups in total. The van der Waals surface area contributed by atoms with Crippen molar-refractivity contribution in [1.82, 2.24) is 20.2 Å². The smallest absolute Gasteiger partial charge is 0.171 e. The van der Waals surface area contributed by atoms with E-state index in [1.54, 1.807) is 14.0 Å². The summed E-state index contributed by atoms with van der Waals surface area (Å²) in [7, 11) is 1.76. The molecule has 0 bridgehead atoms. The summed E-state index contributed by atoms with van der Waals surface area (Å²) >= 11 is 0. The van der Waals surface area contributed by atoms with Gasteiger partial charge in [-0.25, -0.2) is 0 Å². The lowest BCUT2D eigenvalue weighted by Gasteiger charge is -2.55. The number of hydrogen-bond acceptors (Lipinski definition) is 6. The second-order valence-electron chi connectivity index (χ2n) is 11.6. The summed E-state index contributed by atoms with van der Waals surface area (Å²) in [6, 6.07) is 0. The number of methoxy groups -OCH3 is 1. The number of ketones is 1. The van der Waals surface area contributed by atoms with Crippen molar-refractivity contribution in [2.24, 2.45) is 46.8 Å². The fourth-order valence-electron chi connectivity index (χ4n) is 9.30. The molecule has 10 atom stereocenters. The third kappa shape index (κ3) is 2.78. The van der Waals surface area contributed by atoms with Gasteiger partial charge >= 0.3 is 0 Å². The molecule has 31 heavy (non-hydrogen) atoms. The van der Waals surface area contributed by atoms with Gasteiger partial charge in [0, 0.05) is 18.9 Å². The Hall–Kier alpha value is -1.34. The number of Topliss-reactive ketones (excluding diaryl/α,β-unsaturated/α-hetero) is 1. The fourth-order valence-corrected chi connectivity index (χ4v) is 9.30. The van der Waals surface area contributed by atoms with E-state index in [1.165, 1.54) is 30.5 Å². The highest BCUT2D eigenvalue weighted by Crippen LogP contribution is 2.69. The minimum absolute atomic E-state index is 0.0652. The van der Waals surface area contributed by atoms with Crippen molar-refractivity contribution in [3.05, 3.63) is 5.82 Å². The molecule has 170 valence electrons. The Morgan fingerprint density at radius 1 is 1.10 bits per heavy atom. The van der Waals surface area contributed by atoms with Crippen LogP contribution in [0.5, 0.6) is 0 Å². The summed E-state index contributed by atoms with van der Waals surface area (Å²) in [4.78, 5) is 14.7. The molecule has 5 aliphatic carbocycles. The predicted octanol–water partition coefficient (Wildman–Crippen LogP) is 2.81. The van der Waals surface area contributed by atoms with E-state index in [2.05, 4.69) is 22.3 Å². The average molecular weight is 429 g/mol. The maximum atomic E-state index is 13.3. The van der Waals surface area contributed by atoms with Gasteiger partial charge in [0.15, 0.2) is 11.6 Å². The van der Waals surface area contributed by atoms with Gasteiger partial charge < -0.3 is 9.84 Å². The summed E-state index contributed by atoms with van der Waals surface area (Å²) in [6.45, 7) is 4.46. The molecule has 6 rings (SSSR count). The maximum absolute atomic E-state index is 13.3. The summed E-state index contributed by atoms with van der Waals surface area (Å²) in [6.07, 6.45) is 9.22. The number of aryl methyl sites for hydroxylation is 1. The third-order valence-corrected chi connectivity index (χ3v) is 10.5. The molecule has 0 amide bonds. The van der Waals surface area contributed by atoms with Gasteiger partial charge in [0.2, 0.25) is 0 Å². The van der Waals surface area contributed by atoms with Crippen molar-refractivity contribution in [3.63, 3.8) is 0 Å². The van der Waals surface area contributed by atoms with Gasteiger partial charge in [-0.05, 0) is 98.5 Å². The van der Waals surface area contributed by atoms with Gasteiger partial charge in [-0.3, -0.25) is 4.79 Å². The second-order valence-corrected chi connectivity index (χ2v) is 11.6. The van der Waals surface area contributed by atoms with Crippen LogP contribution in [0.25, 0.3) is 0 Å². The standard InChI is InChI=1S/C24H36N4O3/c1-13-25-27-28(26-13)12-20(29)19-7-6-18-16-4-5-17-15(14(16)8-10-23(18,19)2)9-11-24(30)21(17)22(24)31-3/h14-19,21-22,30H,4-12H2,1-3H3/t14-,15-,16-,17-,18+,19-,21?,22-,23+,24-/m1/s1. The minimum Gasteiger partial charge on any atom is -0.387 e. The molecule has 1 unspecified atom stereocenters. The Morgan fingerprint density at radius 3 is 2.58 bits per heavy atom. The number of carbonyl (C=O) groups excluding carboxylic acids is 1. The normalized spacial score (nSPS) is 50.2. The molecular weight excluding hydrogens is 392 g/mol. The van der Waals surface area contributed by atoms with Crippen LogP contribution in [-0.4, -0.2) is 49.9 Å². The van der Waals surface area contributed by atoms with Gasteiger partial charge in [-0.2, -0.15) is 4.80 Å². The van der Waals surface area contributed by atoms with Crippen molar-refractivity contribution in [2.75, 3.05) is 7.11 Å². The minimum atomic E-state index is -0.537. The van der Waals surface area contributed by atoms with E-state index in [9.17, 15) is 9.90 Å². The summed E-state index contributed by atoms with van der Waals surface area (Å²) in [5, 5.41) is 23.1. The molecule has 1 aromatic rings. The largest absolute Gasteiger partial charge is 0.387 e. The lowest BCUT2D eigenvalue weighted by Crippen LogP contribution is -2.50. The SMILES string of the molecule is CO[C@@H]1C2[C@@H]3CC[C@@H]4[C@H](CC[C@]5(C)[C@@H](C(=O)Cn6nnc(C)n6)CC[C@@H]45)[C@H]3CC[C@@]21O. The van der Waals surface area contributed by atoms with Crippen molar-refractivity contribution in [2.45, 2.75) is 83.5 Å². The number of carbonyl (C=O) groups is 1. The molecule has 0 spiro atoms. The van der Waals surface area contributed by atoms with E-state index in [0.29, 0.717) is 23.6 Å². The van der Waals surface area contributed by atoms with E-state index in [1.807, 2.05) is 0 Å². The first-order chi connectivity index (χ1) is 14.9. The molecule has 5 fully saturated rings. The van der Waals surface area contributed by atoms with Crippen molar-refractivity contribution >= 4 is 5.78 Å². The Balaban J connectivity index is 1.19. The van der Waals surface area contributed by atoms with Crippen molar-refractivity contribution < 1.29 is 14.6 Å². The molecule has 1 aromatic heterocycles. The maximum Gasteiger partial charge on any atom is 0.171 e. The van der Waals surface area contributed by atoms with E-state index >= 15 is 0 Å². The molecule has 0 radical (unpaired) electrons. The van der Waals surface area contributed by atoms with Crippen LogP contribution in [0.4, 0.5) is 0 Å². The number of rotatable bonds is 4. The number of ether oxygens (including phenoxy) is 1. The highest BCUT2D eigenvalue weighted by atomic mass is 16.5. The fraction of sp³-hybridized carbons (Fsp3) is 0.917. The lowest BCUT2D eigenvalue weighted by molar-refractivity contribution is -0.132. The van der Waals surface area contributed by atoms with E-state index < -0.39 is 5.60 Å². The molecule has 7 heteroatoms. The van der Waals surface area contributed by atoms with Gasteiger partial charge in [-0.15, -0.1) is 10.2 Å². The Labute approximate surface area is 184 Å². The second kappa shape index (κ2) is 6.83. The average Bonchev–Trinajstić information content (AvgIpc) is 2.97. The number of aliphatic hydroxyl groups is 1. The predicted molar refractivity (Wildman–Crippen MR) is 113 cm³/mol. The van der Waals surface area contributed by atoms with Crippen LogP contribution in [0.1, 0.15) is 64.1 Å². The topological polar surface area (TPSA) is 90.1 Å². The monoisotopic (exact) mass is 428 g/mol. The van der Waals surface area contributed by atoms with Gasteiger partial charge in [-0.1, -0.05) is 6.92 Å². The van der Waals surface area contributed by atoms with Crippen LogP contribution in [-0.2, 0) is 16.1 Å². The molecule has 0 aromatic carbocycles. The number of fused-ring (bicyclic) bond motifs is 7.